The van der Waals surface area contributed by atoms with Gasteiger partial charge < -0.3 is 19.7 Å². The summed E-state index contributed by atoms with van der Waals surface area (Å²) in [6.45, 7) is 9.82. The average molecular weight is 286 g/mol. The van der Waals surface area contributed by atoms with Gasteiger partial charge in [0.05, 0.1) is 5.92 Å². The highest BCUT2D eigenvalue weighted by Crippen LogP contribution is 2.27. The van der Waals surface area contributed by atoms with E-state index in [0.29, 0.717) is 12.8 Å². The SMILES string of the molecule is C=CC(=O)OC(O)(OC(=O)C=C)C(C)CCC(C)CO. The Hall–Kier alpha value is -1.66. The number of carbonyl (C=O) groups is 2. The Balaban J connectivity index is 4.88. The Morgan fingerprint density at radius 2 is 1.60 bits per heavy atom. The van der Waals surface area contributed by atoms with Gasteiger partial charge in [-0.05, 0) is 18.8 Å². The van der Waals surface area contributed by atoms with E-state index in [0.717, 1.165) is 12.2 Å². The van der Waals surface area contributed by atoms with E-state index in [1.807, 2.05) is 6.92 Å². The third-order valence-corrected chi connectivity index (χ3v) is 2.85. The van der Waals surface area contributed by atoms with Crippen molar-refractivity contribution in [2.75, 3.05) is 6.61 Å². The first kappa shape index (κ1) is 18.3. The van der Waals surface area contributed by atoms with Gasteiger partial charge in [0.25, 0.3) is 0 Å². The van der Waals surface area contributed by atoms with Gasteiger partial charge in [-0.1, -0.05) is 27.0 Å². The van der Waals surface area contributed by atoms with Crippen molar-refractivity contribution in [2.24, 2.45) is 11.8 Å². The fourth-order valence-corrected chi connectivity index (χ4v) is 1.40. The quantitative estimate of drug-likeness (QED) is 0.375. The third kappa shape index (κ3) is 5.99. The summed E-state index contributed by atoms with van der Waals surface area (Å²) in [5.74, 6) is -4.86. The van der Waals surface area contributed by atoms with Crippen LogP contribution in [0, 0.1) is 11.8 Å². The van der Waals surface area contributed by atoms with Crippen molar-refractivity contribution in [2.45, 2.75) is 32.7 Å². The monoisotopic (exact) mass is 286 g/mol. The summed E-state index contributed by atoms with van der Waals surface area (Å²) >= 11 is 0. The fraction of sp³-hybridized carbons (Fsp3) is 0.571. The van der Waals surface area contributed by atoms with Gasteiger partial charge >= 0.3 is 17.9 Å². The number of aliphatic hydroxyl groups is 2. The summed E-state index contributed by atoms with van der Waals surface area (Å²) in [7, 11) is 0. The van der Waals surface area contributed by atoms with Crippen LogP contribution in [0.25, 0.3) is 0 Å². The van der Waals surface area contributed by atoms with Crippen molar-refractivity contribution in [1.29, 1.82) is 0 Å². The molecule has 0 aliphatic heterocycles. The van der Waals surface area contributed by atoms with E-state index in [9.17, 15) is 14.7 Å². The normalized spacial score (nSPS) is 14.0. The van der Waals surface area contributed by atoms with E-state index in [4.69, 9.17) is 14.6 Å². The largest absolute Gasteiger partial charge is 0.396 e. The second-order valence-corrected chi connectivity index (χ2v) is 4.65. The van der Waals surface area contributed by atoms with Crippen LogP contribution in [0.4, 0.5) is 0 Å². The van der Waals surface area contributed by atoms with Crippen molar-refractivity contribution in [3.63, 3.8) is 0 Å². The number of carbonyl (C=O) groups excluding carboxylic acids is 2. The molecule has 0 radical (unpaired) electrons. The maximum atomic E-state index is 11.2. The summed E-state index contributed by atoms with van der Waals surface area (Å²) in [5, 5.41) is 19.2. The first-order valence-electron chi connectivity index (χ1n) is 6.33. The van der Waals surface area contributed by atoms with Crippen LogP contribution in [0.3, 0.4) is 0 Å². The van der Waals surface area contributed by atoms with Crippen LogP contribution in [0.2, 0.25) is 0 Å². The molecule has 114 valence electrons. The molecule has 0 fully saturated rings. The molecular formula is C14H22O6. The molecule has 0 aliphatic rings. The van der Waals surface area contributed by atoms with Crippen LogP contribution in [0.15, 0.2) is 25.3 Å². The van der Waals surface area contributed by atoms with Gasteiger partial charge in [-0.3, -0.25) is 0 Å². The minimum Gasteiger partial charge on any atom is -0.396 e. The molecule has 0 saturated carbocycles. The molecule has 0 heterocycles. The zero-order chi connectivity index (χ0) is 15.8. The van der Waals surface area contributed by atoms with Gasteiger partial charge in [0.15, 0.2) is 0 Å². The minimum atomic E-state index is -2.38. The van der Waals surface area contributed by atoms with Crippen molar-refractivity contribution in [3.8, 4) is 0 Å². The van der Waals surface area contributed by atoms with Crippen molar-refractivity contribution >= 4 is 11.9 Å². The maximum absolute atomic E-state index is 11.2. The van der Waals surface area contributed by atoms with E-state index in [1.54, 1.807) is 6.92 Å². The molecule has 0 bridgehead atoms. The lowest BCUT2D eigenvalue weighted by Crippen LogP contribution is -2.45. The predicted octanol–water partition coefficient (Wildman–Crippen LogP) is 1.14. The van der Waals surface area contributed by atoms with Crippen LogP contribution < -0.4 is 0 Å². The molecular weight excluding hydrogens is 264 g/mol. The van der Waals surface area contributed by atoms with Gasteiger partial charge in [0.1, 0.15) is 0 Å². The molecule has 6 nitrogen and oxygen atoms in total. The molecule has 0 aromatic carbocycles. The van der Waals surface area contributed by atoms with E-state index in [1.165, 1.54) is 0 Å². The second-order valence-electron chi connectivity index (χ2n) is 4.65. The standard InChI is InChI=1S/C14H22O6/c1-5-12(16)19-14(18,20-13(17)6-2)11(4)8-7-10(3)9-15/h5-6,10-11,15,18H,1-2,7-9H2,3-4H3. The maximum Gasteiger partial charge on any atom is 0.376 e. The Labute approximate surface area is 118 Å². The molecule has 0 aromatic heterocycles. The zero-order valence-corrected chi connectivity index (χ0v) is 11.9. The number of hydrogen-bond acceptors (Lipinski definition) is 6. The predicted molar refractivity (Wildman–Crippen MR) is 72.2 cm³/mol. The average Bonchev–Trinajstić information content (AvgIpc) is 2.43. The Morgan fingerprint density at radius 1 is 1.15 bits per heavy atom. The lowest BCUT2D eigenvalue weighted by molar-refractivity contribution is -0.345. The van der Waals surface area contributed by atoms with Crippen LogP contribution in [0.5, 0.6) is 0 Å². The van der Waals surface area contributed by atoms with Crippen LogP contribution in [-0.2, 0) is 19.1 Å². The number of aliphatic hydroxyl groups excluding tert-OH is 1. The highest BCUT2D eigenvalue weighted by atomic mass is 16.8. The Bertz CT molecular complexity index is 341. The number of esters is 2. The molecule has 6 heteroatoms. The van der Waals surface area contributed by atoms with Crippen molar-refractivity contribution < 1.29 is 29.3 Å². The summed E-state index contributed by atoms with van der Waals surface area (Å²) in [6, 6.07) is 0. The first-order valence-corrected chi connectivity index (χ1v) is 6.33. The highest BCUT2D eigenvalue weighted by Gasteiger charge is 2.41. The van der Waals surface area contributed by atoms with Crippen LogP contribution >= 0.6 is 0 Å². The van der Waals surface area contributed by atoms with Crippen molar-refractivity contribution in [3.05, 3.63) is 25.3 Å². The number of ether oxygens (including phenoxy) is 2. The zero-order valence-electron chi connectivity index (χ0n) is 11.9. The Morgan fingerprint density at radius 3 is 1.95 bits per heavy atom. The lowest BCUT2D eigenvalue weighted by Gasteiger charge is -2.31. The molecule has 2 atom stereocenters. The van der Waals surface area contributed by atoms with Gasteiger partial charge in [-0.2, -0.15) is 0 Å². The molecule has 0 aromatic rings. The second kappa shape index (κ2) is 8.50. The summed E-state index contributed by atoms with van der Waals surface area (Å²) in [6.07, 6.45) is 2.66. The molecule has 20 heavy (non-hydrogen) atoms. The minimum absolute atomic E-state index is 0.00401. The molecule has 0 aliphatic carbocycles. The molecule has 0 spiro atoms. The summed E-state index contributed by atoms with van der Waals surface area (Å²) in [5.41, 5.74) is 0. The smallest absolute Gasteiger partial charge is 0.376 e. The van der Waals surface area contributed by atoms with Crippen LogP contribution in [0.1, 0.15) is 26.7 Å². The summed E-state index contributed by atoms with van der Waals surface area (Å²) in [4.78, 5) is 22.5. The van der Waals surface area contributed by atoms with E-state index in [-0.39, 0.29) is 12.5 Å². The Kier molecular flexibility index (Phi) is 7.79. The number of rotatable bonds is 9. The first-order chi connectivity index (χ1) is 9.28. The van der Waals surface area contributed by atoms with Crippen molar-refractivity contribution in [1.82, 2.24) is 0 Å². The van der Waals surface area contributed by atoms with Gasteiger partial charge in [-0.25, -0.2) is 9.59 Å². The van der Waals surface area contributed by atoms with Gasteiger partial charge in [-0.15, -0.1) is 0 Å². The number of hydrogen-bond donors (Lipinski definition) is 2. The van der Waals surface area contributed by atoms with E-state index >= 15 is 0 Å². The molecule has 2 N–H and O–H groups in total. The molecule has 0 amide bonds. The van der Waals surface area contributed by atoms with Gasteiger partial charge in [0, 0.05) is 18.8 Å². The lowest BCUT2D eigenvalue weighted by atomic mass is 9.96. The van der Waals surface area contributed by atoms with Gasteiger partial charge in [0.2, 0.25) is 0 Å². The topological polar surface area (TPSA) is 93.1 Å². The summed E-state index contributed by atoms with van der Waals surface area (Å²) < 4.78 is 9.47. The molecule has 2 unspecified atom stereocenters. The third-order valence-electron chi connectivity index (χ3n) is 2.85. The van der Waals surface area contributed by atoms with E-state index < -0.39 is 23.8 Å². The molecule has 0 saturated heterocycles. The molecule has 0 rings (SSSR count). The van der Waals surface area contributed by atoms with E-state index in [2.05, 4.69) is 13.2 Å². The highest BCUT2D eigenvalue weighted by molar-refractivity contribution is 5.83. The fourth-order valence-electron chi connectivity index (χ4n) is 1.40. The van der Waals surface area contributed by atoms with Crippen LogP contribution in [-0.4, -0.2) is 34.7 Å².